The lowest BCUT2D eigenvalue weighted by atomic mass is 9.63. The Hall–Kier alpha value is -0.780. The van der Waals surface area contributed by atoms with Crippen LogP contribution in [0.3, 0.4) is 0 Å². The molecule has 21 heavy (non-hydrogen) atoms. The van der Waals surface area contributed by atoms with E-state index in [1.54, 1.807) is 19.4 Å². The zero-order valence-electron chi connectivity index (χ0n) is 14.2. The summed E-state index contributed by atoms with van der Waals surface area (Å²) in [5.41, 5.74) is 0.969. The van der Waals surface area contributed by atoms with Crippen molar-refractivity contribution in [1.82, 2.24) is 0 Å². The molecule has 0 bridgehead atoms. The maximum atomic E-state index is 9.70. The van der Waals surface area contributed by atoms with Crippen LogP contribution < -0.4 is 0 Å². The minimum Gasteiger partial charge on any atom is -0.381 e. The third-order valence-electron chi connectivity index (χ3n) is 5.34. The Morgan fingerprint density at radius 3 is 2.86 bits per heavy atom. The zero-order chi connectivity index (χ0) is 15.7. The van der Waals surface area contributed by atoms with E-state index in [4.69, 9.17) is 4.74 Å². The molecule has 0 aliphatic heterocycles. The Kier molecular flexibility index (Phi) is 4.85. The van der Waals surface area contributed by atoms with Gasteiger partial charge in [0.2, 0.25) is 0 Å². The molecule has 2 rings (SSSR count). The second-order valence-corrected chi connectivity index (χ2v) is 7.55. The van der Waals surface area contributed by atoms with Gasteiger partial charge in [-0.2, -0.15) is 0 Å². The van der Waals surface area contributed by atoms with Crippen molar-refractivity contribution in [3.05, 3.63) is 11.6 Å². The Bertz CT molecular complexity index is 460. The molecule has 3 unspecified atom stereocenters. The molecule has 0 aromatic carbocycles. The van der Waals surface area contributed by atoms with Gasteiger partial charge in [-0.15, -0.1) is 0 Å². The van der Waals surface area contributed by atoms with Crippen molar-refractivity contribution >= 4 is 0 Å². The van der Waals surface area contributed by atoms with Crippen LogP contribution in [0, 0.1) is 29.1 Å². The summed E-state index contributed by atoms with van der Waals surface area (Å²) in [6.07, 6.45) is 8.55. The average Bonchev–Trinajstić information content (AvgIpc) is 2.73. The van der Waals surface area contributed by atoms with Crippen LogP contribution in [0.25, 0.3) is 0 Å². The molecule has 1 N–H and O–H groups in total. The highest BCUT2D eigenvalue weighted by molar-refractivity contribution is 5.27. The van der Waals surface area contributed by atoms with Crippen LogP contribution in [0.4, 0.5) is 0 Å². The minimum atomic E-state index is -0.887. The molecule has 0 saturated heterocycles. The van der Waals surface area contributed by atoms with E-state index in [9.17, 15) is 5.11 Å². The lowest BCUT2D eigenvalue weighted by molar-refractivity contribution is -0.0232. The van der Waals surface area contributed by atoms with Gasteiger partial charge in [0.05, 0.1) is 6.10 Å². The third-order valence-corrected chi connectivity index (χ3v) is 5.34. The van der Waals surface area contributed by atoms with Crippen molar-refractivity contribution in [3.8, 4) is 11.8 Å². The van der Waals surface area contributed by atoms with Crippen LogP contribution in [-0.4, -0.2) is 23.9 Å². The summed E-state index contributed by atoms with van der Waals surface area (Å²) in [7, 11) is 1.85. The summed E-state index contributed by atoms with van der Waals surface area (Å²) in [5, 5.41) is 9.70. The number of rotatable bonds is 3. The first-order valence-electron chi connectivity index (χ1n) is 8.23. The Labute approximate surface area is 130 Å². The first-order valence-corrected chi connectivity index (χ1v) is 8.23. The molecule has 0 aromatic rings. The summed E-state index contributed by atoms with van der Waals surface area (Å²) in [6.45, 7) is 8.17. The number of fused-ring (bicyclic) bond motifs is 1. The van der Waals surface area contributed by atoms with E-state index in [0.717, 1.165) is 12.8 Å². The van der Waals surface area contributed by atoms with Gasteiger partial charge < -0.3 is 9.84 Å². The largest absolute Gasteiger partial charge is 0.381 e. The number of methoxy groups -OCH3 is 1. The van der Waals surface area contributed by atoms with E-state index in [-0.39, 0.29) is 5.41 Å². The molecule has 0 amide bonds. The first kappa shape index (κ1) is 16.6. The third kappa shape index (κ3) is 3.52. The molecule has 1 fully saturated rings. The number of allylic oxidation sites excluding steroid dienone is 2. The summed E-state index contributed by atoms with van der Waals surface area (Å²) in [5.74, 6) is 7.20. The summed E-state index contributed by atoms with van der Waals surface area (Å²) >= 11 is 0. The van der Waals surface area contributed by atoms with Crippen LogP contribution in [0.1, 0.15) is 59.8 Å². The number of ether oxygens (including phenoxy) is 1. The summed E-state index contributed by atoms with van der Waals surface area (Å²) in [6, 6.07) is 0. The fraction of sp³-hybridized carbons (Fsp3) is 0.789. The molecule has 2 aliphatic carbocycles. The van der Waals surface area contributed by atoms with E-state index in [1.807, 2.05) is 7.11 Å². The van der Waals surface area contributed by atoms with Crippen molar-refractivity contribution in [1.29, 1.82) is 0 Å². The molecule has 2 heteroatoms. The smallest absolute Gasteiger partial charge is 0.119 e. The maximum Gasteiger partial charge on any atom is 0.119 e. The Morgan fingerprint density at radius 1 is 1.52 bits per heavy atom. The van der Waals surface area contributed by atoms with Crippen LogP contribution in [0.5, 0.6) is 0 Å². The highest BCUT2D eigenvalue weighted by atomic mass is 16.5. The van der Waals surface area contributed by atoms with E-state index in [2.05, 4.69) is 31.8 Å². The topological polar surface area (TPSA) is 29.5 Å². The molecule has 2 aliphatic rings. The fourth-order valence-electron chi connectivity index (χ4n) is 4.30. The van der Waals surface area contributed by atoms with Crippen molar-refractivity contribution in [3.63, 3.8) is 0 Å². The van der Waals surface area contributed by atoms with Gasteiger partial charge in [-0.3, -0.25) is 0 Å². The first-order chi connectivity index (χ1) is 9.78. The van der Waals surface area contributed by atoms with Crippen LogP contribution in [-0.2, 0) is 4.74 Å². The summed E-state index contributed by atoms with van der Waals surface area (Å²) < 4.78 is 5.73. The molecular weight excluding hydrogens is 260 g/mol. The van der Waals surface area contributed by atoms with Gasteiger partial charge in [0.15, 0.2) is 0 Å². The van der Waals surface area contributed by atoms with Crippen molar-refractivity contribution in [2.24, 2.45) is 17.3 Å². The standard InChI is InChI=1S/C19H30O2/c1-14(8-6-12-18(2,3)20)15-10-11-16-17(21-5)9-7-13-19(15,16)4/h10,14,16-17,20H,7-9,11,13H2,1-5H3/t14?,16?,17?,19-/m1/s1. The summed E-state index contributed by atoms with van der Waals surface area (Å²) in [4.78, 5) is 0. The highest BCUT2D eigenvalue weighted by Crippen LogP contribution is 2.55. The predicted octanol–water partition coefficient (Wildman–Crippen LogP) is 3.94. The van der Waals surface area contributed by atoms with E-state index in [1.165, 1.54) is 19.3 Å². The van der Waals surface area contributed by atoms with Crippen molar-refractivity contribution in [2.45, 2.75) is 71.5 Å². The second kappa shape index (κ2) is 6.15. The molecule has 2 nitrogen and oxygen atoms in total. The van der Waals surface area contributed by atoms with E-state index < -0.39 is 5.60 Å². The van der Waals surface area contributed by atoms with E-state index >= 15 is 0 Å². The molecule has 0 spiro atoms. The predicted molar refractivity (Wildman–Crippen MR) is 86.8 cm³/mol. The van der Waals surface area contributed by atoms with E-state index in [0.29, 0.717) is 17.9 Å². The highest BCUT2D eigenvalue weighted by Gasteiger charge is 2.48. The molecule has 1 saturated carbocycles. The second-order valence-electron chi connectivity index (χ2n) is 7.55. The maximum absolute atomic E-state index is 9.70. The SMILES string of the molecule is COC1CCC[C@]2(C)C(C(C)CC#CC(C)(C)O)=CCC12. The Morgan fingerprint density at radius 2 is 2.24 bits per heavy atom. The van der Waals surface area contributed by atoms with Crippen LogP contribution >= 0.6 is 0 Å². The van der Waals surface area contributed by atoms with Crippen LogP contribution in [0.15, 0.2) is 11.6 Å². The van der Waals surface area contributed by atoms with Gasteiger partial charge >= 0.3 is 0 Å². The average molecular weight is 290 g/mol. The number of aliphatic hydroxyl groups is 1. The van der Waals surface area contributed by atoms with Crippen molar-refractivity contribution < 1.29 is 9.84 Å². The van der Waals surface area contributed by atoms with Gasteiger partial charge in [0, 0.05) is 13.5 Å². The minimum absolute atomic E-state index is 0.286. The molecular formula is C19H30O2. The molecule has 118 valence electrons. The van der Waals surface area contributed by atoms with Gasteiger partial charge in [0.25, 0.3) is 0 Å². The van der Waals surface area contributed by atoms with Gasteiger partial charge in [0.1, 0.15) is 5.60 Å². The molecule has 4 atom stereocenters. The lowest BCUT2D eigenvalue weighted by Crippen LogP contribution is -2.40. The zero-order valence-corrected chi connectivity index (χ0v) is 14.2. The number of hydrogen-bond donors (Lipinski definition) is 1. The lowest BCUT2D eigenvalue weighted by Gasteiger charge is -2.44. The Balaban J connectivity index is 2.08. The van der Waals surface area contributed by atoms with Crippen LogP contribution in [0.2, 0.25) is 0 Å². The molecule has 0 aromatic heterocycles. The fourth-order valence-corrected chi connectivity index (χ4v) is 4.30. The van der Waals surface area contributed by atoms with Gasteiger partial charge in [-0.1, -0.05) is 37.3 Å². The normalized spacial score (nSPS) is 33.7. The van der Waals surface area contributed by atoms with Gasteiger partial charge in [-0.05, 0) is 56.8 Å². The monoisotopic (exact) mass is 290 g/mol. The number of hydrogen-bond acceptors (Lipinski definition) is 2. The van der Waals surface area contributed by atoms with Crippen molar-refractivity contribution in [2.75, 3.05) is 7.11 Å². The molecule has 0 heterocycles. The molecule has 0 radical (unpaired) electrons. The quantitative estimate of drug-likeness (QED) is 0.630. The van der Waals surface area contributed by atoms with Gasteiger partial charge in [-0.25, -0.2) is 0 Å².